The molecule has 3 aliphatic heterocycles. The Hall–Kier alpha value is -8.78. The number of nitrogens with zero attached hydrogens (tertiary/aromatic N) is 2. The summed E-state index contributed by atoms with van der Waals surface area (Å²) in [5.74, 6) is -21.9. The van der Waals surface area contributed by atoms with Crippen LogP contribution in [0.4, 0.5) is 0 Å². The normalized spacial score (nSPS) is 25.2. The Morgan fingerprint density at radius 1 is 0.576 bits per heavy atom. The lowest BCUT2D eigenvalue weighted by Gasteiger charge is -2.39. The van der Waals surface area contributed by atoms with Crippen LogP contribution in [0.1, 0.15) is 151 Å². The van der Waals surface area contributed by atoms with E-state index in [1.807, 2.05) is 10.6 Å². The minimum Gasteiger partial charge on any atom is -0.481 e. The van der Waals surface area contributed by atoms with Gasteiger partial charge >= 0.3 is 23.9 Å². The number of carboxylic acid groups (broad SMARTS) is 4. The summed E-state index contributed by atoms with van der Waals surface area (Å²) in [6.45, 7) is 8.70. The molecule has 92 heavy (non-hydrogen) atoms. The van der Waals surface area contributed by atoms with Crippen LogP contribution in [0.25, 0.3) is 0 Å². The molecule has 12 atom stereocenters. The van der Waals surface area contributed by atoms with E-state index in [1.54, 1.807) is 26.0 Å². The molecule has 0 aromatic rings. The number of fused-ring (bicyclic) bond motifs is 2. The van der Waals surface area contributed by atoms with Crippen molar-refractivity contribution in [3.63, 3.8) is 0 Å². The fraction of sp³-hybridized carbons (Fsp3) is 0.695. The van der Waals surface area contributed by atoms with Gasteiger partial charge in [0.2, 0.25) is 70.9 Å². The standard InChI is InChI=1S/C59H93N13O20/c1-30(2)19-14-12-10-8-9-11-13-15-22-40(73)64-37(27-45(80)81)52(84)70-49-34(7)63-53(85)39-21-18-24-72(39)57(89)46(31(3)4)68-56(88)48(33(6)60)67-42(75)29-62-50(82)35(25-43(76)77)65-41(74)28-61-51(83)36(26-44(78)79)66-55(87)47(32(5)59(91)92)69-54(86)38-20-16-17-23-71(38)58(49)90/h13,15,30-39,46-49H,8-12,14,16-29,60H2,1-7H3,(H,61,83)(H,62,82)(H,63,85)(H,64,73)(H,65,74)(H,66,87)(H,67,75)(H,68,88)(H,69,86)(H,70,84)(H,76,77)(H,78,79)(H,80,81)(H,91,92)/b15-13-/t32-,33+,34-,35+,36+,37+,38-,39+,46+,47+,48-,49+/m1/s1. The Balaban J connectivity index is 2.16. The number of rotatable bonds is 23. The number of hydrogen-bond acceptors (Lipinski definition) is 17. The predicted molar refractivity (Wildman–Crippen MR) is 324 cm³/mol. The number of aliphatic carboxylic acids is 4. The fourth-order valence-electron chi connectivity index (χ4n) is 10.6. The van der Waals surface area contributed by atoms with E-state index in [1.165, 1.54) is 13.8 Å². The monoisotopic (exact) mass is 1300 g/mol. The number of unbranched alkanes of at least 4 members (excludes halogenated alkanes) is 5. The number of nitrogens with one attached hydrogen (secondary N) is 10. The Bertz CT molecular complexity index is 2720. The van der Waals surface area contributed by atoms with E-state index in [2.05, 4.69) is 56.4 Å². The van der Waals surface area contributed by atoms with Crippen molar-refractivity contribution < 1.29 is 97.1 Å². The quantitative estimate of drug-likeness (QED) is 0.0358. The lowest BCUT2D eigenvalue weighted by Crippen LogP contribution is -2.66. The van der Waals surface area contributed by atoms with Crippen LogP contribution in [0.5, 0.6) is 0 Å². The fourth-order valence-corrected chi connectivity index (χ4v) is 10.6. The second-order valence-electron chi connectivity index (χ2n) is 24.2. The van der Waals surface area contributed by atoms with Crippen LogP contribution < -0.4 is 58.9 Å². The van der Waals surface area contributed by atoms with Gasteiger partial charge in [-0.3, -0.25) is 76.7 Å². The van der Waals surface area contributed by atoms with Crippen LogP contribution in [-0.4, -0.2) is 218 Å². The molecule has 16 N–H and O–H groups in total. The first-order valence-corrected chi connectivity index (χ1v) is 31.1. The number of carbonyl (C=O) groups excluding carboxylic acids is 12. The van der Waals surface area contributed by atoms with E-state index in [-0.39, 0.29) is 51.6 Å². The largest absolute Gasteiger partial charge is 0.481 e. The van der Waals surface area contributed by atoms with Crippen molar-refractivity contribution in [1.82, 2.24) is 63.0 Å². The maximum Gasteiger partial charge on any atom is 0.308 e. The van der Waals surface area contributed by atoms with E-state index < -0.39 is 205 Å². The van der Waals surface area contributed by atoms with E-state index >= 15 is 4.79 Å². The van der Waals surface area contributed by atoms with Crippen molar-refractivity contribution in [2.24, 2.45) is 23.5 Å². The highest BCUT2D eigenvalue weighted by molar-refractivity contribution is 6.01. The Labute approximate surface area is 532 Å². The van der Waals surface area contributed by atoms with Crippen LogP contribution in [-0.2, 0) is 76.7 Å². The Morgan fingerprint density at radius 2 is 1.10 bits per heavy atom. The van der Waals surface area contributed by atoms with Gasteiger partial charge in [0.05, 0.1) is 44.3 Å². The maximum absolute atomic E-state index is 15.2. The first-order valence-electron chi connectivity index (χ1n) is 31.1. The van der Waals surface area contributed by atoms with Gasteiger partial charge < -0.3 is 89.1 Å². The molecule has 0 aliphatic carbocycles. The first kappa shape index (κ1) is 77.5. The number of hydrogen-bond donors (Lipinski definition) is 15. The van der Waals surface area contributed by atoms with E-state index in [0.717, 1.165) is 55.2 Å². The molecule has 33 heteroatoms. The summed E-state index contributed by atoms with van der Waals surface area (Å²) < 4.78 is 0. The molecular weight excluding hydrogens is 1210 g/mol. The molecule has 0 spiro atoms. The van der Waals surface area contributed by atoms with Gasteiger partial charge in [0.15, 0.2) is 0 Å². The Kier molecular flexibility index (Phi) is 32.1. The third-order valence-corrected chi connectivity index (χ3v) is 15.7. The van der Waals surface area contributed by atoms with Crippen molar-refractivity contribution in [2.45, 2.75) is 218 Å². The first-order chi connectivity index (χ1) is 43.2. The van der Waals surface area contributed by atoms with Gasteiger partial charge in [-0.2, -0.15) is 0 Å². The number of allylic oxidation sites excluding steroid dienone is 1. The number of amides is 12. The zero-order chi connectivity index (χ0) is 69.1. The molecule has 3 saturated heterocycles. The third kappa shape index (κ3) is 25.5. The van der Waals surface area contributed by atoms with Crippen molar-refractivity contribution in [3.8, 4) is 0 Å². The van der Waals surface area contributed by atoms with Gasteiger partial charge in [-0.25, -0.2) is 0 Å². The number of piperidine rings is 1. The van der Waals surface area contributed by atoms with E-state index in [4.69, 9.17) is 5.73 Å². The summed E-state index contributed by atoms with van der Waals surface area (Å²) in [7, 11) is 0. The minimum atomic E-state index is -2.15. The molecule has 33 nitrogen and oxygen atoms in total. The van der Waals surface area contributed by atoms with Gasteiger partial charge in [-0.1, -0.05) is 72.0 Å². The predicted octanol–water partition coefficient (Wildman–Crippen LogP) is -3.02. The Morgan fingerprint density at radius 3 is 1.66 bits per heavy atom. The highest BCUT2D eigenvalue weighted by Gasteiger charge is 2.45. The van der Waals surface area contributed by atoms with E-state index in [0.29, 0.717) is 12.3 Å². The highest BCUT2D eigenvalue weighted by atomic mass is 16.4. The third-order valence-electron chi connectivity index (χ3n) is 15.7. The molecule has 0 radical (unpaired) electrons. The number of carbonyl (C=O) groups is 16. The second kappa shape index (κ2) is 38.2. The van der Waals surface area contributed by atoms with Crippen molar-refractivity contribution in [1.29, 1.82) is 0 Å². The van der Waals surface area contributed by atoms with Crippen LogP contribution in [0.15, 0.2) is 12.2 Å². The zero-order valence-electron chi connectivity index (χ0n) is 53.2. The molecule has 0 aromatic heterocycles. The SMILES string of the molecule is CC(C)CCCCCCC/C=C\CC(=O)N[C@@H](CC(=O)O)C(=O)N[C@@H]1C(=O)N2CCCC[C@@H]2C(=O)N[C@@H]([C@@H](C)C(=O)O)C(=O)N[C@@H](CC(=O)O)C(=O)NCC(=O)N[C@@H](CC(=O)O)C(=O)NCC(=O)N[C@H]([C@H](C)N)C(=O)N[C@@H](C(C)C)C(=O)N2CCC[C@H]2C(=O)N[C@@H]1C. The van der Waals surface area contributed by atoms with E-state index in [9.17, 15) is 92.3 Å². The number of carboxylic acids is 4. The summed E-state index contributed by atoms with van der Waals surface area (Å²) in [6, 6.07) is -18.5. The van der Waals surface area contributed by atoms with Crippen molar-refractivity contribution in [2.75, 3.05) is 26.2 Å². The van der Waals surface area contributed by atoms with Crippen LogP contribution in [0.3, 0.4) is 0 Å². The summed E-state index contributed by atoms with van der Waals surface area (Å²) in [5.41, 5.74) is 6.11. The van der Waals surface area contributed by atoms with Crippen LogP contribution >= 0.6 is 0 Å². The van der Waals surface area contributed by atoms with Crippen molar-refractivity contribution >= 4 is 94.8 Å². The molecule has 3 fully saturated rings. The molecule has 0 unspecified atom stereocenters. The zero-order valence-corrected chi connectivity index (χ0v) is 53.2. The lowest BCUT2D eigenvalue weighted by molar-refractivity contribution is -0.150. The van der Waals surface area contributed by atoms with Gasteiger partial charge in [0.1, 0.15) is 54.4 Å². The van der Waals surface area contributed by atoms with Crippen LogP contribution in [0.2, 0.25) is 0 Å². The summed E-state index contributed by atoms with van der Waals surface area (Å²) in [5, 5.41) is 62.3. The highest BCUT2D eigenvalue weighted by Crippen LogP contribution is 2.24. The minimum absolute atomic E-state index is 0.0223. The summed E-state index contributed by atoms with van der Waals surface area (Å²) in [4.78, 5) is 218. The molecule has 514 valence electrons. The topological polar surface area (TPSA) is 507 Å². The smallest absolute Gasteiger partial charge is 0.308 e. The molecule has 0 bridgehead atoms. The molecule has 0 aromatic carbocycles. The average Bonchev–Trinajstić information content (AvgIpc) is 1.26. The maximum atomic E-state index is 15.2. The molecule has 0 saturated carbocycles. The molecule has 12 amide bonds. The van der Waals surface area contributed by atoms with Gasteiger partial charge in [0, 0.05) is 25.6 Å². The van der Waals surface area contributed by atoms with Gasteiger partial charge in [-0.15, -0.1) is 0 Å². The average molecular weight is 1300 g/mol. The second-order valence-corrected chi connectivity index (χ2v) is 24.2. The van der Waals surface area contributed by atoms with Crippen molar-refractivity contribution in [3.05, 3.63) is 12.2 Å². The summed E-state index contributed by atoms with van der Waals surface area (Å²) >= 11 is 0. The molecular formula is C59H93N13O20. The molecule has 3 heterocycles. The molecule has 3 aliphatic rings. The lowest BCUT2D eigenvalue weighted by atomic mass is 9.96. The number of nitrogens with two attached hydrogens (primary N) is 1. The molecule has 3 rings (SSSR count). The van der Waals surface area contributed by atoms with Crippen LogP contribution in [0, 0.1) is 17.8 Å². The van der Waals surface area contributed by atoms with Gasteiger partial charge in [0.25, 0.3) is 0 Å². The van der Waals surface area contributed by atoms with Gasteiger partial charge in [-0.05, 0) is 77.6 Å². The summed E-state index contributed by atoms with van der Waals surface area (Å²) in [6.07, 6.45) is 7.21.